The summed E-state index contributed by atoms with van der Waals surface area (Å²) in [6, 6.07) is 9.26. The summed E-state index contributed by atoms with van der Waals surface area (Å²) in [7, 11) is 0. The summed E-state index contributed by atoms with van der Waals surface area (Å²) >= 11 is 0. The van der Waals surface area contributed by atoms with Crippen molar-refractivity contribution in [2.24, 2.45) is 0 Å². The Labute approximate surface area is 170 Å². The molecule has 152 valence electrons. The smallest absolute Gasteiger partial charge is 0.255 e. The van der Waals surface area contributed by atoms with Crippen LogP contribution in [0.15, 0.2) is 35.1 Å². The van der Waals surface area contributed by atoms with Crippen LogP contribution >= 0.6 is 0 Å². The summed E-state index contributed by atoms with van der Waals surface area (Å²) in [6.07, 6.45) is 1.57. The third kappa shape index (κ3) is 4.80. The first kappa shape index (κ1) is 20.5. The number of carbonyl (C=O) groups excluding carboxylic acids is 1. The van der Waals surface area contributed by atoms with Gasteiger partial charge in [0.25, 0.3) is 5.56 Å². The van der Waals surface area contributed by atoms with E-state index in [2.05, 4.69) is 15.4 Å². The predicted molar refractivity (Wildman–Crippen MR) is 114 cm³/mol. The Hall–Kier alpha value is -3.22. The monoisotopic (exact) mass is 393 g/mol. The fraction of sp³-hybridized carbons (Fsp3) is 0.364. The van der Waals surface area contributed by atoms with E-state index in [1.165, 1.54) is 10.6 Å². The molecule has 0 aliphatic rings. The molecule has 3 rings (SSSR count). The van der Waals surface area contributed by atoms with E-state index in [-0.39, 0.29) is 18.0 Å². The minimum atomic E-state index is -0.287. The van der Waals surface area contributed by atoms with Crippen LogP contribution in [0.2, 0.25) is 0 Å². The van der Waals surface area contributed by atoms with Crippen molar-refractivity contribution in [1.82, 2.24) is 19.3 Å². The van der Waals surface area contributed by atoms with Crippen molar-refractivity contribution < 1.29 is 4.79 Å². The van der Waals surface area contributed by atoms with Gasteiger partial charge in [0, 0.05) is 23.1 Å². The van der Waals surface area contributed by atoms with Gasteiger partial charge >= 0.3 is 0 Å². The zero-order valence-electron chi connectivity index (χ0n) is 17.6. The zero-order chi connectivity index (χ0) is 21.1. The van der Waals surface area contributed by atoms with Crippen LogP contribution in [0.25, 0.3) is 5.95 Å². The number of aryl methyl sites for hydroxylation is 5. The zero-order valence-corrected chi connectivity index (χ0v) is 17.6. The SMILES string of the molecule is CCCc1cc(=O)n(CC(=O)Nc2cc(C)cc(C)c2)c(-n2nc(C)cc2C)n1. The number of nitrogens with one attached hydrogen (secondary N) is 1. The van der Waals surface area contributed by atoms with Crippen molar-refractivity contribution in [1.29, 1.82) is 0 Å². The lowest BCUT2D eigenvalue weighted by atomic mass is 10.1. The number of hydrogen-bond acceptors (Lipinski definition) is 4. The summed E-state index contributed by atoms with van der Waals surface area (Å²) in [5, 5.41) is 7.34. The molecule has 0 saturated heterocycles. The van der Waals surface area contributed by atoms with E-state index >= 15 is 0 Å². The Balaban J connectivity index is 1.98. The second kappa shape index (κ2) is 8.43. The summed E-state index contributed by atoms with van der Waals surface area (Å²) in [5.41, 5.74) is 4.95. The molecule has 0 atom stereocenters. The van der Waals surface area contributed by atoms with Crippen LogP contribution in [0.3, 0.4) is 0 Å². The Morgan fingerprint density at radius 3 is 2.31 bits per heavy atom. The lowest BCUT2D eigenvalue weighted by Crippen LogP contribution is -2.32. The third-order valence-corrected chi connectivity index (χ3v) is 4.55. The van der Waals surface area contributed by atoms with E-state index in [1.54, 1.807) is 4.68 Å². The van der Waals surface area contributed by atoms with Crippen LogP contribution in [-0.4, -0.2) is 25.2 Å². The summed E-state index contributed by atoms with van der Waals surface area (Å²) in [6.45, 7) is 9.63. The fourth-order valence-electron chi connectivity index (χ4n) is 3.46. The minimum absolute atomic E-state index is 0.140. The Morgan fingerprint density at radius 1 is 1.03 bits per heavy atom. The van der Waals surface area contributed by atoms with Gasteiger partial charge in [0.15, 0.2) is 0 Å². The van der Waals surface area contributed by atoms with Crippen molar-refractivity contribution in [2.45, 2.75) is 54.0 Å². The van der Waals surface area contributed by atoms with Crippen LogP contribution in [0.5, 0.6) is 0 Å². The van der Waals surface area contributed by atoms with Gasteiger partial charge in [0.05, 0.1) is 5.69 Å². The maximum absolute atomic E-state index is 12.8. The second-order valence-electron chi connectivity index (χ2n) is 7.49. The largest absolute Gasteiger partial charge is 0.325 e. The molecular formula is C22H27N5O2. The first-order valence-electron chi connectivity index (χ1n) is 9.79. The van der Waals surface area contributed by atoms with Gasteiger partial charge in [0.2, 0.25) is 11.9 Å². The normalized spacial score (nSPS) is 10.9. The molecule has 0 radical (unpaired) electrons. The van der Waals surface area contributed by atoms with Gasteiger partial charge in [-0.25, -0.2) is 9.67 Å². The molecule has 1 aromatic carbocycles. The van der Waals surface area contributed by atoms with E-state index in [9.17, 15) is 9.59 Å². The number of anilines is 1. The van der Waals surface area contributed by atoms with Crippen molar-refractivity contribution in [2.75, 3.05) is 5.32 Å². The van der Waals surface area contributed by atoms with Crippen LogP contribution in [0.4, 0.5) is 5.69 Å². The molecule has 1 N–H and O–H groups in total. The number of nitrogens with zero attached hydrogens (tertiary/aromatic N) is 4. The van der Waals surface area contributed by atoms with Crippen molar-refractivity contribution >= 4 is 11.6 Å². The third-order valence-electron chi connectivity index (χ3n) is 4.55. The van der Waals surface area contributed by atoms with Gasteiger partial charge in [0.1, 0.15) is 6.54 Å². The highest BCUT2D eigenvalue weighted by Crippen LogP contribution is 2.14. The van der Waals surface area contributed by atoms with Gasteiger partial charge in [-0.1, -0.05) is 19.4 Å². The number of benzene rings is 1. The molecule has 1 amide bonds. The quantitative estimate of drug-likeness (QED) is 0.697. The first-order chi connectivity index (χ1) is 13.8. The molecule has 0 aliphatic carbocycles. The average Bonchev–Trinajstić information content (AvgIpc) is 2.94. The van der Waals surface area contributed by atoms with E-state index in [4.69, 9.17) is 0 Å². The molecule has 7 heteroatoms. The molecule has 2 aromatic heterocycles. The summed E-state index contributed by atoms with van der Waals surface area (Å²) in [4.78, 5) is 30.2. The van der Waals surface area contributed by atoms with Crippen LogP contribution in [-0.2, 0) is 17.8 Å². The highest BCUT2D eigenvalue weighted by atomic mass is 16.2. The van der Waals surface area contributed by atoms with Gasteiger partial charge in [-0.05, 0) is 63.4 Å². The standard InChI is InChI=1S/C22H27N5O2/c1-6-7-18-12-21(29)26(22(24-18)27-17(5)11-16(4)25-27)13-20(28)23-19-9-14(2)8-15(3)10-19/h8-12H,6-7,13H2,1-5H3,(H,23,28). The molecule has 0 bridgehead atoms. The van der Waals surface area contributed by atoms with Gasteiger partial charge in [-0.15, -0.1) is 0 Å². The maximum atomic E-state index is 12.8. The fourth-order valence-corrected chi connectivity index (χ4v) is 3.46. The highest BCUT2D eigenvalue weighted by molar-refractivity contribution is 5.90. The molecule has 29 heavy (non-hydrogen) atoms. The maximum Gasteiger partial charge on any atom is 0.255 e. The molecule has 2 heterocycles. The highest BCUT2D eigenvalue weighted by Gasteiger charge is 2.16. The van der Waals surface area contributed by atoms with Crippen LogP contribution in [0.1, 0.15) is 41.6 Å². The lowest BCUT2D eigenvalue weighted by Gasteiger charge is -2.15. The summed E-state index contributed by atoms with van der Waals surface area (Å²) < 4.78 is 3.00. The number of aromatic nitrogens is 4. The van der Waals surface area contributed by atoms with E-state index in [0.717, 1.165) is 28.9 Å². The van der Waals surface area contributed by atoms with Crippen molar-refractivity contribution in [3.05, 3.63) is 68.9 Å². The minimum Gasteiger partial charge on any atom is -0.325 e. The number of hydrogen-bond donors (Lipinski definition) is 1. The predicted octanol–water partition coefficient (Wildman–Crippen LogP) is 3.25. The number of amides is 1. The van der Waals surface area contributed by atoms with E-state index in [0.29, 0.717) is 23.8 Å². The second-order valence-corrected chi connectivity index (χ2v) is 7.49. The first-order valence-corrected chi connectivity index (χ1v) is 9.79. The molecule has 3 aromatic rings. The molecule has 0 unspecified atom stereocenters. The van der Waals surface area contributed by atoms with Crippen molar-refractivity contribution in [3.63, 3.8) is 0 Å². The topological polar surface area (TPSA) is 81.8 Å². The van der Waals surface area contributed by atoms with Crippen LogP contribution < -0.4 is 10.9 Å². The Morgan fingerprint density at radius 2 is 1.72 bits per heavy atom. The number of carbonyl (C=O) groups is 1. The average molecular weight is 393 g/mol. The molecule has 0 spiro atoms. The molecule has 7 nitrogen and oxygen atoms in total. The number of rotatable bonds is 6. The van der Waals surface area contributed by atoms with Gasteiger partial charge < -0.3 is 5.32 Å². The van der Waals surface area contributed by atoms with Crippen molar-refractivity contribution in [3.8, 4) is 5.95 Å². The van der Waals surface area contributed by atoms with Gasteiger partial charge in [-0.2, -0.15) is 5.10 Å². The molecular weight excluding hydrogens is 366 g/mol. The van der Waals surface area contributed by atoms with E-state index in [1.807, 2.05) is 58.9 Å². The Kier molecular flexibility index (Phi) is 5.96. The molecule has 0 fully saturated rings. The molecule has 0 saturated carbocycles. The van der Waals surface area contributed by atoms with Crippen LogP contribution in [0, 0.1) is 27.7 Å². The molecule has 0 aliphatic heterocycles. The Bertz CT molecular complexity index is 1090. The van der Waals surface area contributed by atoms with Gasteiger partial charge in [-0.3, -0.25) is 14.2 Å². The van der Waals surface area contributed by atoms with E-state index < -0.39 is 0 Å². The lowest BCUT2D eigenvalue weighted by molar-refractivity contribution is -0.116. The summed E-state index contributed by atoms with van der Waals surface area (Å²) in [5.74, 6) is 0.0760.